The monoisotopic (exact) mass is 452 g/mol. The normalized spacial score (nSPS) is 20.1. The first-order valence-electron chi connectivity index (χ1n) is 9.10. The van der Waals surface area contributed by atoms with Crippen LogP contribution in [0.15, 0.2) is 4.99 Å². The van der Waals surface area contributed by atoms with Crippen molar-refractivity contribution in [2.45, 2.75) is 52.5 Å². The molecule has 0 spiro atoms. The summed E-state index contributed by atoms with van der Waals surface area (Å²) in [4.78, 5) is 18.8. The summed E-state index contributed by atoms with van der Waals surface area (Å²) >= 11 is 0. The first-order valence-corrected chi connectivity index (χ1v) is 9.10. The number of amides is 1. The van der Waals surface area contributed by atoms with E-state index in [2.05, 4.69) is 29.4 Å². The van der Waals surface area contributed by atoms with Gasteiger partial charge < -0.3 is 20.3 Å². The largest absolute Gasteiger partial charge is 0.450 e. The maximum Gasteiger partial charge on any atom is 0.407 e. The molecule has 0 radical (unpaired) electrons. The van der Waals surface area contributed by atoms with Gasteiger partial charge in [0.05, 0.1) is 19.2 Å². The molecule has 1 saturated carbocycles. The molecule has 1 atom stereocenters. The van der Waals surface area contributed by atoms with Gasteiger partial charge in [-0.3, -0.25) is 4.99 Å². The van der Waals surface area contributed by atoms with Gasteiger partial charge in [-0.15, -0.1) is 24.0 Å². The Labute approximate surface area is 163 Å². The van der Waals surface area contributed by atoms with Crippen LogP contribution in [0, 0.1) is 11.8 Å². The van der Waals surface area contributed by atoms with E-state index in [9.17, 15) is 4.79 Å². The average Bonchev–Trinajstić information content (AvgIpc) is 3.36. The van der Waals surface area contributed by atoms with Crippen LogP contribution in [0.2, 0.25) is 0 Å². The predicted molar refractivity (Wildman–Crippen MR) is 108 cm³/mol. The first-order chi connectivity index (χ1) is 11.1. The van der Waals surface area contributed by atoms with Crippen LogP contribution < -0.4 is 10.6 Å². The fourth-order valence-corrected chi connectivity index (χ4v) is 2.97. The summed E-state index contributed by atoms with van der Waals surface area (Å²) in [5.74, 6) is 2.34. The topological polar surface area (TPSA) is 66.0 Å². The molecule has 1 amide bonds. The number of nitrogens with zero attached hydrogens (tertiary/aromatic N) is 2. The molecule has 2 N–H and O–H groups in total. The summed E-state index contributed by atoms with van der Waals surface area (Å²) in [5.41, 5.74) is 0. The highest BCUT2D eigenvalue weighted by molar-refractivity contribution is 14.0. The highest BCUT2D eigenvalue weighted by Gasteiger charge is 2.32. The molecule has 0 bridgehead atoms. The number of piperidine rings is 1. The molecular weight excluding hydrogens is 419 g/mol. The molecule has 24 heavy (non-hydrogen) atoms. The number of carbonyl (C=O) groups is 1. The van der Waals surface area contributed by atoms with Crippen molar-refractivity contribution in [3.63, 3.8) is 0 Å². The predicted octanol–water partition coefficient (Wildman–Crippen LogP) is 2.83. The molecule has 2 aliphatic rings. The minimum atomic E-state index is -0.323. The van der Waals surface area contributed by atoms with E-state index in [-0.39, 0.29) is 36.1 Å². The van der Waals surface area contributed by atoms with Crippen LogP contribution in [0.4, 0.5) is 4.79 Å². The molecule has 1 aliphatic heterocycles. The molecule has 2 fully saturated rings. The maximum atomic E-state index is 11.7. The summed E-state index contributed by atoms with van der Waals surface area (Å²) in [6.45, 7) is 10.2. The molecule has 6 nitrogen and oxygen atoms in total. The van der Waals surface area contributed by atoms with Gasteiger partial charge in [0.1, 0.15) is 0 Å². The number of nitrogens with one attached hydrogen (secondary N) is 2. The fraction of sp³-hybridized carbons (Fsp3) is 0.882. The number of likely N-dealkylation sites (tertiary alicyclic amines) is 1. The Bertz CT molecular complexity index is 407. The van der Waals surface area contributed by atoms with Gasteiger partial charge in [0, 0.05) is 19.6 Å². The van der Waals surface area contributed by atoms with Crippen molar-refractivity contribution in [3.8, 4) is 0 Å². The Morgan fingerprint density at radius 3 is 2.46 bits per heavy atom. The summed E-state index contributed by atoms with van der Waals surface area (Å²) in [7, 11) is 0. The Hall–Kier alpha value is -0.730. The average molecular weight is 452 g/mol. The SMILES string of the molecule is CCNC(=NCC(NC(=O)OCC)C1CC1)N1CCC(C)CC1.I. The number of aliphatic imine (C=N–C) groups is 1. The molecule has 1 aliphatic carbocycles. The van der Waals surface area contributed by atoms with Crippen molar-refractivity contribution in [2.24, 2.45) is 16.8 Å². The van der Waals surface area contributed by atoms with Gasteiger partial charge in [0.25, 0.3) is 0 Å². The summed E-state index contributed by atoms with van der Waals surface area (Å²) < 4.78 is 5.01. The number of halogens is 1. The smallest absolute Gasteiger partial charge is 0.407 e. The van der Waals surface area contributed by atoms with Crippen molar-refractivity contribution in [1.82, 2.24) is 15.5 Å². The number of ether oxygens (including phenoxy) is 1. The fourth-order valence-electron chi connectivity index (χ4n) is 2.97. The van der Waals surface area contributed by atoms with Crippen molar-refractivity contribution >= 4 is 36.0 Å². The minimum absolute atomic E-state index is 0. The van der Waals surface area contributed by atoms with E-state index in [0.29, 0.717) is 19.1 Å². The van der Waals surface area contributed by atoms with Gasteiger partial charge in [0.15, 0.2) is 5.96 Å². The number of carbonyl (C=O) groups excluding carboxylic acids is 1. The van der Waals surface area contributed by atoms with E-state index in [1.807, 2.05) is 6.92 Å². The molecule has 140 valence electrons. The van der Waals surface area contributed by atoms with E-state index in [1.54, 1.807) is 0 Å². The molecule has 2 rings (SSSR count). The zero-order chi connectivity index (χ0) is 16.7. The summed E-state index contributed by atoms with van der Waals surface area (Å²) in [6.07, 6.45) is 4.46. The van der Waals surface area contributed by atoms with Gasteiger partial charge in [-0.2, -0.15) is 0 Å². The van der Waals surface area contributed by atoms with E-state index >= 15 is 0 Å². The Balaban J connectivity index is 0.00000288. The lowest BCUT2D eigenvalue weighted by atomic mass is 9.99. The Morgan fingerprint density at radius 2 is 1.92 bits per heavy atom. The third kappa shape index (κ3) is 7.03. The molecular formula is C17H33IN4O2. The van der Waals surface area contributed by atoms with E-state index < -0.39 is 0 Å². The maximum absolute atomic E-state index is 11.7. The van der Waals surface area contributed by atoms with Crippen LogP contribution in [0.5, 0.6) is 0 Å². The van der Waals surface area contributed by atoms with Crippen molar-refractivity contribution in [3.05, 3.63) is 0 Å². The number of guanidine groups is 1. The lowest BCUT2D eigenvalue weighted by Gasteiger charge is -2.33. The lowest BCUT2D eigenvalue weighted by Crippen LogP contribution is -2.46. The van der Waals surface area contributed by atoms with E-state index in [0.717, 1.165) is 31.5 Å². The van der Waals surface area contributed by atoms with Gasteiger partial charge in [-0.1, -0.05) is 6.92 Å². The molecule has 7 heteroatoms. The first kappa shape index (κ1) is 21.3. The number of hydrogen-bond acceptors (Lipinski definition) is 3. The molecule has 0 aromatic heterocycles. The molecule has 1 unspecified atom stereocenters. The van der Waals surface area contributed by atoms with Gasteiger partial charge in [0.2, 0.25) is 0 Å². The molecule has 0 aromatic carbocycles. The minimum Gasteiger partial charge on any atom is -0.450 e. The third-order valence-corrected chi connectivity index (χ3v) is 4.63. The summed E-state index contributed by atoms with van der Waals surface area (Å²) in [5, 5.41) is 6.37. The highest BCUT2D eigenvalue weighted by Crippen LogP contribution is 2.32. The van der Waals surface area contributed by atoms with Crippen LogP contribution >= 0.6 is 24.0 Å². The van der Waals surface area contributed by atoms with E-state index in [4.69, 9.17) is 9.73 Å². The standard InChI is InChI=1S/C17H32N4O2.HI/c1-4-18-16(21-10-8-13(3)9-11-21)19-12-15(14-6-7-14)20-17(22)23-5-2;/h13-15H,4-12H2,1-3H3,(H,18,19)(H,20,22);1H. The number of hydrogen-bond donors (Lipinski definition) is 2. The van der Waals surface area contributed by atoms with Crippen LogP contribution in [-0.4, -0.2) is 55.8 Å². The zero-order valence-electron chi connectivity index (χ0n) is 15.2. The van der Waals surface area contributed by atoms with Gasteiger partial charge >= 0.3 is 6.09 Å². The van der Waals surface area contributed by atoms with Gasteiger partial charge in [-0.25, -0.2) is 4.79 Å². The van der Waals surface area contributed by atoms with Crippen LogP contribution in [0.3, 0.4) is 0 Å². The second kappa shape index (κ2) is 11.0. The molecule has 1 saturated heterocycles. The molecule has 0 aromatic rings. The Morgan fingerprint density at radius 1 is 1.25 bits per heavy atom. The van der Waals surface area contributed by atoms with E-state index in [1.165, 1.54) is 25.7 Å². The van der Waals surface area contributed by atoms with Gasteiger partial charge in [-0.05, 0) is 51.4 Å². The van der Waals surface area contributed by atoms with Crippen LogP contribution in [0.25, 0.3) is 0 Å². The van der Waals surface area contributed by atoms with Crippen molar-refractivity contribution in [1.29, 1.82) is 0 Å². The number of rotatable bonds is 6. The molecule has 1 heterocycles. The lowest BCUT2D eigenvalue weighted by molar-refractivity contribution is 0.147. The third-order valence-electron chi connectivity index (χ3n) is 4.63. The van der Waals surface area contributed by atoms with Crippen LogP contribution in [-0.2, 0) is 4.74 Å². The van der Waals surface area contributed by atoms with Crippen LogP contribution in [0.1, 0.15) is 46.5 Å². The quantitative estimate of drug-likeness (QED) is 0.370. The Kier molecular flexibility index (Phi) is 9.76. The zero-order valence-corrected chi connectivity index (χ0v) is 17.5. The number of alkyl carbamates (subject to hydrolysis) is 1. The highest BCUT2D eigenvalue weighted by atomic mass is 127. The van der Waals surface area contributed by atoms with Crippen molar-refractivity contribution in [2.75, 3.05) is 32.8 Å². The second-order valence-electron chi connectivity index (χ2n) is 6.67. The summed E-state index contributed by atoms with van der Waals surface area (Å²) in [6, 6.07) is 0.0893. The van der Waals surface area contributed by atoms with Crippen molar-refractivity contribution < 1.29 is 9.53 Å². The second-order valence-corrected chi connectivity index (χ2v) is 6.67.